The molecule has 0 aromatic carbocycles. The summed E-state index contributed by atoms with van der Waals surface area (Å²) in [4.78, 5) is 4.05. The van der Waals surface area contributed by atoms with Gasteiger partial charge >= 0.3 is 0 Å². The third-order valence-corrected chi connectivity index (χ3v) is 3.70. The van der Waals surface area contributed by atoms with Crippen LogP contribution in [0.1, 0.15) is 24.8 Å². The van der Waals surface area contributed by atoms with Crippen molar-refractivity contribution in [3.8, 4) is 0 Å². The van der Waals surface area contributed by atoms with Gasteiger partial charge in [0, 0.05) is 31.6 Å². The zero-order valence-electron chi connectivity index (χ0n) is 10.6. The van der Waals surface area contributed by atoms with E-state index in [-0.39, 0.29) is 0 Å². The first-order valence-electron chi connectivity index (χ1n) is 6.54. The Kier molecular flexibility index (Phi) is 4.95. The van der Waals surface area contributed by atoms with Gasteiger partial charge in [-0.2, -0.15) is 0 Å². The van der Waals surface area contributed by atoms with E-state index in [1.165, 1.54) is 24.8 Å². The number of ether oxygens (including phenoxy) is 1. The van der Waals surface area contributed by atoms with Crippen LogP contribution in [0, 0.1) is 5.92 Å². The van der Waals surface area contributed by atoms with E-state index in [2.05, 4.69) is 29.5 Å². The molecule has 0 bridgehead atoms. The fourth-order valence-electron chi connectivity index (χ4n) is 2.61. The highest BCUT2D eigenvalue weighted by Crippen LogP contribution is 2.21. The minimum absolute atomic E-state index is 0.618. The Balaban J connectivity index is 1.82. The molecule has 2 rings (SSSR count). The molecule has 0 spiro atoms. The molecule has 3 nitrogen and oxygen atoms in total. The predicted octanol–water partition coefficient (Wildman–Crippen LogP) is 2.03. The van der Waals surface area contributed by atoms with Gasteiger partial charge in [0.25, 0.3) is 0 Å². The van der Waals surface area contributed by atoms with Crippen molar-refractivity contribution >= 4 is 0 Å². The van der Waals surface area contributed by atoms with Gasteiger partial charge in [-0.3, -0.25) is 4.98 Å². The third kappa shape index (κ3) is 3.79. The van der Waals surface area contributed by atoms with Gasteiger partial charge < -0.3 is 10.1 Å². The molecule has 0 radical (unpaired) electrons. The average Bonchev–Trinajstić information content (AvgIpc) is 2.42. The lowest BCUT2D eigenvalue weighted by Gasteiger charge is -2.30. The van der Waals surface area contributed by atoms with E-state index in [4.69, 9.17) is 4.74 Å². The van der Waals surface area contributed by atoms with Gasteiger partial charge in [-0.05, 0) is 56.3 Å². The lowest BCUT2D eigenvalue weighted by Crippen LogP contribution is -2.37. The number of aryl methyl sites for hydroxylation is 1. The first-order valence-corrected chi connectivity index (χ1v) is 6.54. The Morgan fingerprint density at radius 3 is 2.71 bits per heavy atom. The molecule has 1 aromatic heterocycles. The van der Waals surface area contributed by atoms with Crippen LogP contribution in [-0.4, -0.2) is 31.3 Å². The first kappa shape index (κ1) is 12.5. The van der Waals surface area contributed by atoms with Gasteiger partial charge in [-0.25, -0.2) is 0 Å². The number of nitrogens with one attached hydrogen (secondary N) is 1. The molecular formula is C14H22N2O. The summed E-state index contributed by atoms with van der Waals surface area (Å²) in [6, 6.07) is 4.83. The van der Waals surface area contributed by atoms with Crippen molar-refractivity contribution in [1.29, 1.82) is 0 Å². The van der Waals surface area contributed by atoms with Crippen LogP contribution in [0.15, 0.2) is 24.5 Å². The highest BCUT2D eigenvalue weighted by Gasteiger charge is 2.22. The number of hydrogen-bond donors (Lipinski definition) is 1. The molecule has 1 aliphatic rings. The van der Waals surface area contributed by atoms with E-state index in [0.29, 0.717) is 6.04 Å². The van der Waals surface area contributed by atoms with E-state index in [9.17, 15) is 0 Å². The van der Waals surface area contributed by atoms with Gasteiger partial charge in [-0.15, -0.1) is 0 Å². The van der Waals surface area contributed by atoms with E-state index in [0.717, 1.165) is 25.6 Å². The number of nitrogens with zero attached hydrogens (tertiary/aromatic N) is 1. The van der Waals surface area contributed by atoms with Crippen LogP contribution in [0.2, 0.25) is 0 Å². The summed E-state index contributed by atoms with van der Waals surface area (Å²) in [5, 5.41) is 3.47. The number of aromatic nitrogens is 1. The van der Waals surface area contributed by atoms with Crippen LogP contribution in [0.3, 0.4) is 0 Å². The van der Waals surface area contributed by atoms with Gasteiger partial charge in [0.15, 0.2) is 0 Å². The minimum Gasteiger partial charge on any atom is -0.381 e. The number of pyridine rings is 1. The molecule has 1 aliphatic heterocycles. The van der Waals surface area contributed by atoms with Crippen molar-refractivity contribution in [3.05, 3.63) is 30.1 Å². The molecule has 0 aliphatic carbocycles. The summed E-state index contributed by atoms with van der Waals surface area (Å²) in [5.41, 5.74) is 1.38. The zero-order valence-corrected chi connectivity index (χ0v) is 10.6. The molecule has 17 heavy (non-hydrogen) atoms. The fraction of sp³-hybridized carbons (Fsp3) is 0.643. The normalized spacial score (nSPS) is 19.1. The van der Waals surface area contributed by atoms with Crippen LogP contribution in [0.5, 0.6) is 0 Å². The van der Waals surface area contributed by atoms with Crippen molar-refractivity contribution in [2.75, 3.05) is 20.3 Å². The van der Waals surface area contributed by atoms with Crippen molar-refractivity contribution in [1.82, 2.24) is 10.3 Å². The van der Waals surface area contributed by atoms with Crippen molar-refractivity contribution < 1.29 is 4.74 Å². The SMILES string of the molecule is CNC(CCc1ccncc1)C1CCOCC1. The van der Waals surface area contributed by atoms with Gasteiger partial charge in [-0.1, -0.05) is 0 Å². The Morgan fingerprint density at radius 2 is 2.06 bits per heavy atom. The second kappa shape index (κ2) is 6.72. The second-order valence-electron chi connectivity index (χ2n) is 4.74. The summed E-state index contributed by atoms with van der Waals surface area (Å²) in [7, 11) is 2.08. The largest absolute Gasteiger partial charge is 0.381 e. The molecule has 1 N–H and O–H groups in total. The highest BCUT2D eigenvalue weighted by molar-refractivity contribution is 5.09. The monoisotopic (exact) mass is 234 g/mol. The smallest absolute Gasteiger partial charge is 0.0469 e. The van der Waals surface area contributed by atoms with E-state index >= 15 is 0 Å². The van der Waals surface area contributed by atoms with Gasteiger partial charge in [0.05, 0.1) is 0 Å². The maximum absolute atomic E-state index is 5.42. The van der Waals surface area contributed by atoms with Crippen molar-refractivity contribution in [3.63, 3.8) is 0 Å². The van der Waals surface area contributed by atoms with Crippen LogP contribution in [0.4, 0.5) is 0 Å². The van der Waals surface area contributed by atoms with Crippen LogP contribution < -0.4 is 5.32 Å². The molecule has 1 aromatic rings. The van der Waals surface area contributed by atoms with E-state index in [1.807, 2.05) is 12.4 Å². The van der Waals surface area contributed by atoms with E-state index < -0.39 is 0 Å². The summed E-state index contributed by atoms with van der Waals surface area (Å²) < 4.78 is 5.42. The van der Waals surface area contributed by atoms with Gasteiger partial charge in [0.2, 0.25) is 0 Å². The highest BCUT2D eigenvalue weighted by atomic mass is 16.5. The Morgan fingerprint density at radius 1 is 1.35 bits per heavy atom. The summed E-state index contributed by atoms with van der Waals surface area (Å²) >= 11 is 0. The molecular weight excluding hydrogens is 212 g/mol. The molecule has 1 atom stereocenters. The molecule has 3 heteroatoms. The second-order valence-corrected chi connectivity index (χ2v) is 4.74. The molecule has 1 saturated heterocycles. The van der Waals surface area contributed by atoms with Gasteiger partial charge in [0.1, 0.15) is 0 Å². The molecule has 1 unspecified atom stereocenters. The zero-order chi connectivity index (χ0) is 11.9. The van der Waals surface area contributed by atoms with Crippen LogP contribution in [0.25, 0.3) is 0 Å². The topological polar surface area (TPSA) is 34.2 Å². The molecule has 0 amide bonds. The number of hydrogen-bond acceptors (Lipinski definition) is 3. The Hall–Kier alpha value is -0.930. The predicted molar refractivity (Wildman–Crippen MR) is 68.9 cm³/mol. The lowest BCUT2D eigenvalue weighted by atomic mass is 9.88. The minimum atomic E-state index is 0.618. The quantitative estimate of drug-likeness (QED) is 0.846. The summed E-state index contributed by atoms with van der Waals surface area (Å²) in [6.07, 6.45) is 8.47. The molecule has 2 heterocycles. The summed E-state index contributed by atoms with van der Waals surface area (Å²) in [5.74, 6) is 0.774. The molecule has 94 valence electrons. The lowest BCUT2D eigenvalue weighted by molar-refractivity contribution is 0.0537. The Labute approximate surface area is 104 Å². The number of rotatable bonds is 5. The third-order valence-electron chi connectivity index (χ3n) is 3.70. The average molecular weight is 234 g/mol. The van der Waals surface area contributed by atoms with E-state index in [1.54, 1.807) is 0 Å². The maximum Gasteiger partial charge on any atom is 0.0469 e. The first-order chi connectivity index (χ1) is 8.40. The van der Waals surface area contributed by atoms with Crippen molar-refractivity contribution in [2.24, 2.45) is 5.92 Å². The maximum atomic E-state index is 5.42. The van der Waals surface area contributed by atoms with Crippen LogP contribution >= 0.6 is 0 Å². The fourth-order valence-corrected chi connectivity index (χ4v) is 2.61. The molecule has 1 fully saturated rings. The summed E-state index contributed by atoms with van der Waals surface area (Å²) in [6.45, 7) is 1.86. The van der Waals surface area contributed by atoms with Crippen LogP contribution in [-0.2, 0) is 11.2 Å². The standard InChI is InChI=1S/C14H22N2O/c1-15-14(13-6-10-17-11-7-13)3-2-12-4-8-16-9-5-12/h4-5,8-9,13-15H,2-3,6-7,10-11H2,1H3. The van der Waals surface area contributed by atoms with Crippen molar-refractivity contribution in [2.45, 2.75) is 31.7 Å². The molecule has 0 saturated carbocycles. The Bertz CT molecular complexity index is 309.